The summed E-state index contributed by atoms with van der Waals surface area (Å²) in [6, 6.07) is 12.8. The predicted octanol–water partition coefficient (Wildman–Crippen LogP) is 4.55. The van der Waals surface area contributed by atoms with E-state index in [4.69, 9.17) is 4.74 Å². The van der Waals surface area contributed by atoms with Gasteiger partial charge in [0.2, 0.25) is 5.91 Å². The summed E-state index contributed by atoms with van der Waals surface area (Å²) in [7, 11) is 0. The Balaban J connectivity index is 1.69. The average Bonchev–Trinajstić information content (AvgIpc) is 2.63. The van der Waals surface area contributed by atoms with Gasteiger partial charge in [-0.15, -0.1) is 0 Å². The molecule has 27 heavy (non-hydrogen) atoms. The quantitative estimate of drug-likeness (QED) is 0.844. The number of ether oxygens (including phenoxy) is 1. The second-order valence-electron chi connectivity index (χ2n) is 7.15. The summed E-state index contributed by atoms with van der Waals surface area (Å²) in [6.45, 7) is 6.65. The van der Waals surface area contributed by atoms with E-state index < -0.39 is 0 Å². The standard InChI is InChI=1S/C22H26N2O3/c1-15(2)27-19-10-7-17(8-11-19)22(26)23-18-9-12-20(16(3)14-18)24-13-5-4-6-21(24)25/h7-12,14-15H,4-6,13H2,1-3H3,(H,23,26). The monoisotopic (exact) mass is 366 g/mol. The Bertz CT molecular complexity index is 828. The van der Waals surface area contributed by atoms with Crippen LogP contribution in [0.1, 0.15) is 49.0 Å². The maximum atomic E-state index is 12.5. The van der Waals surface area contributed by atoms with Crippen molar-refractivity contribution in [1.29, 1.82) is 0 Å². The third-order valence-corrected chi connectivity index (χ3v) is 4.56. The van der Waals surface area contributed by atoms with Gasteiger partial charge in [-0.3, -0.25) is 9.59 Å². The molecule has 0 aromatic heterocycles. The van der Waals surface area contributed by atoms with Crippen LogP contribution in [0.2, 0.25) is 0 Å². The third-order valence-electron chi connectivity index (χ3n) is 4.56. The van der Waals surface area contributed by atoms with E-state index in [0.29, 0.717) is 17.7 Å². The molecule has 0 atom stereocenters. The van der Waals surface area contributed by atoms with E-state index in [2.05, 4.69) is 5.32 Å². The summed E-state index contributed by atoms with van der Waals surface area (Å²) in [5.41, 5.74) is 3.18. The van der Waals surface area contributed by atoms with Gasteiger partial charge in [0.15, 0.2) is 0 Å². The van der Waals surface area contributed by atoms with Crippen LogP contribution in [0, 0.1) is 6.92 Å². The van der Waals surface area contributed by atoms with Crippen molar-refractivity contribution in [3.05, 3.63) is 53.6 Å². The van der Waals surface area contributed by atoms with Crippen molar-refractivity contribution in [2.75, 3.05) is 16.8 Å². The lowest BCUT2D eigenvalue weighted by atomic mass is 10.1. The summed E-state index contributed by atoms with van der Waals surface area (Å²) in [5.74, 6) is 0.741. The summed E-state index contributed by atoms with van der Waals surface area (Å²) >= 11 is 0. The molecule has 5 nitrogen and oxygen atoms in total. The largest absolute Gasteiger partial charge is 0.491 e. The number of anilines is 2. The maximum absolute atomic E-state index is 12.5. The van der Waals surface area contributed by atoms with Crippen molar-refractivity contribution in [3.8, 4) is 5.75 Å². The Morgan fingerprint density at radius 1 is 1.11 bits per heavy atom. The zero-order valence-electron chi connectivity index (χ0n) is 16.1. The molecule has 0 bridgehead atoms. The molecule has 0 unspecified atom stereocenters. The van der Waals surface area contributed by atoms with Crippen LogP contribution in [-0.4, -0.2) is 24.5 Å². The van der Waals surface area contributed by atoms with Gasteiger partial charge in [0.25, 0.3) is 5.91 Å². The van der Waals surface area contributed by atoms with E-state index in [1.807, 2.05) is 43.9 Å². The third kappa shape index (κ3) is 4.67. The molecule has 0 radical (unpaired) electrons. The highest BCUT2D eigenvalue weighted by atomic mass is 16.5. The molecule has 1 saturated heterocycles. The normalized spacial score (nSPS) is 14.4. The van der Waals surface area contributed by atoms with Gasteiger partial charge in [0.05, 0.1) is 6.10 Å². The topological polar surface area (TPSA) is 58.6 Å². The molecule has 1 N–H and O–H groups in total. The first kappa shape index (κ1) is 19.0. The minimum atomic E-state index is -0.174. The molecule has 0 saturated carbocycles. The molecule has 2 aromatic rings. The number of amides is 2. The van der Waals surface area contributed by atoms with E-state index in [0.717, 1.165) is 36.4 Å². The number of carbonyl (C=O) groups is 2. The van der Waals surface area contributed by atoms with Gasteiger partial charge >= 0.3 is 0 Å². The molecule has 0 spiro atoms. The first-order valence-corrected chi connectivity index (χ1v) is 9.43. The van der Waals surface area contributed by atoms with E-state index in [9.17, 15) is 9.59 Å². The van der Waals surface area contributed by atoms with Crippen LogP contribution in [0.5, 0.6) is 5.75 Å². The van der Waals surface area contributed by atoms with Crippen molar-refractivity contribution >= 4 is 23.2 Å². The molecule has 1 aliphatic heterocycles. The smallest absolute Gasteiger partial charge is 0.255 e. The number of aryl methyl sites for hydroxylation is 1. The molecule has 2 amide bonds. The Morgan fingerprint density at radius 2 is 1.85 bits per heavy atom. The highest BCUT2D eigenvalue weighted by molar-refractivity contribution is 6.04. The number of benzene rings is 2. The predicted molar refractivity (Wildman–Crippen MR) is 108 cm³/mol. The van der Waals surface area contributed by atoms with Crippen LogP contribution < -0.4 is 15.0 Å². The number of nitrogens with zero attached hydrogens (tertiary/aromatic N) is 1. The van der Waals surface area contributed by atoms with Gasteiger partial charge in [-0.1, -0.05) is 0 Å². The van der Waals surface area contributed by atoms with E-state index >= 15 is 0 Å². The summed E-state index contributed by atoms with van der Waals surface area (Å²) in [4.78, 5) is 26.5. The van der Waals surface area contributed by atoms with Crippen LogP contribution >= 0.6 is 0 Å². The zero-order valence-corrected chi connectivity index (χ0v) is 16.1. The molecule has 1 aliphatic rings. The molecule has 2 aromatic carbocycles. The molecular formula is C22H26N2O3. The minimum absolute atomic E-state index is 0.0953. The number of nitrogens with one attached hydrogen (secondary N) is 1. The fourth-order valence-electron chi connectivity index (χ4n) is 3.26. The fraction of sp³-hybridized carbons (Fsp3) is 0.364. The van der Waals surface area contributed by atoms with Crippen LogP contribution in [0.3, 0.4) is 0 Å². The van der Waals surface area contributed by atoms with Gasteiger partial charge in [-0.2, -0.15) is 0 Å². The first-order valence-electron chi connectivity index (χ1n) is 9.43. The van der Waals surface area contributed by atoms with Crippen molar-refractivity contribution in [1.82, 2.24) is 0 Å². The van der Waals surface area contributed by atoms with Crippen LogP contribution in [0.15, 0.2) is 42.5 Å². The van der Waals surface area contributed by atoms with Crippen LogP contribution in [0.25, 0.3) is 0 Å². The molecule has 1 fully saturated rings. The number of piperidine rings is 1. The van der Waals surface area contributed by atoms with Crippen molar-refractivity contribution < 1.29 is 14.3 Å². The Labute approximate surface area is 160 Å². The molecule has 0 aliphatic carbocycles. The second kappa shape index (κ2) is 8.25. The SMILES string of the molecule is Cc1cc(NC(=O)c2ccc(OC(C)C)cc2)ccc1N1CCCCC1=O. The van der Waals surface area contributed by atoms with Gasteiger partial charge < -0.3 is 15.0 Å². The number of hydrogen-bond acceptors (Lipinski definition) is 3. The lowest BCUT2D eigenvalue weighted by Gasteiger charge is -2.28. The van der Waals surface area contributed by atoms with Gasteiger partial charge in [0, 0.05) is 29.9 Å². The van der Waals surface area contributed by atoms with Crippen molar-refractivity contribution in [2.24, 2.45) is 0 Å². The van der Waals surface area contributed by atoms with Crippen molar-refractivity contribution in [2.45, 2.75) is 46.1 Å². The highest BCUT2D eigenvalue weighted by Crippen LogP contribution is 2.27. The zero-order chi connectivity index (χ0) is 19.4. The van der Waals surface area contributed by atoms with Gasteiger partial charge in [0.1, 0.15) is 5.75 Å². The first-order chi connectivity index (χ1) is 12.9. The van der Waals surface area contributed by atoms with E-state index in [-0.39, 0.29) is 17.9 Å². The summed E-state index contributed by atoms with van der Waals surface area (Å²) in [6.07, 6.45) is 2.69. The Morgan fingerprint density at radius 3 is 2.48 bits per heavy atom. The van der Waals surface area contributed by atoms with Gasteiger partial charge in [-0.25, -0.2) is 0 Å². The fourth-order valence-corrected chi connectivity index (χ4v) is 3.26. The summed E-state index contributed by atoms with van der Waals surface area (Å²) < 4.78 is 5.60. The number of carbonyl (C=O) groups excluding carboxylic acids is 2. The van der Waals surface area contributed by atoms with E-state index in [1.165, 1.54) is 0 Å². The molecule has 3 rings (SSSR count). The second-order valence-corrected chi connectivity index (χ2v) is 7.15. The maximum Gasteiger partial charge on any atom is 0.255 e. The van der Waals surface area contributed by atoms with E-state index in [1.54, 1.807) is 24.3 Å². The average molecular weight is 366 g/mol. The minimum Gasteiger partial charge on any atom is -0.491 e. The Kier molecular flexibility index (Phi) is 5.79. The lowest BCUT2D eigenvalue weighted by molar-refractivity contribution is -0.119. The number of hydrogen-bond donors (Lipinski definition) is 1. The molecule has 5 heteroatoms. The molecule has 142 valence electrons. The Hall–Kier alpha value is -2.82. The van der Waals surface area contributed by atoms with Crippen LogP contribution in [-0.2, 0) is 4.79 Å². The van der Waals surface area contributed by atoms with Crippen LogP contribution in [0.4, 0.5) is 11.4 Å². The molecular weight excluding hydrogens is 340 g/mol. The van der Waals surface area contributed by atoms with Gasteiger partial charge in [-0.05, 0) is 81.6 Å². The molecule has 1 heterocycles. The van der Waals surface area contributed by atoms with Crippen molar-refractivity contribution in [3.63, 3.8) is 0 Å². The number of rotatable bonds is 5. The lowest BCUT2D eigenvalue weighted by Crippen LogP contribution is -2.35. The summed E-state index contributed by atoms with van der Waals surface area (Å²) in [5, 5.41) is 2.92. The highest BCUT2D eigenvalue weighted by Gasteiger charge is 2.21.